The molecule has 0 saturated heterocycles. The largest absolute Gasteiger partial charge is 0.383 e. The molecule has 0 unspecified atom stereocenters. The van der Waals surface area contributed by atoms with E-state index in [0.29, 0.717) is 5.92 Å². The lowest BCUT2D eigenvalue weighted by Crippen LogP contribution is -2.31. The maximum atomic E-state index is 5.24. The van der Waals surface area contributed by atoms with Gasteiger partial charge in [-0.1, -0.05) is 26.8 Å². The molecule has 0 fully saturated rings. The number of nitrogens with one attached hydrogen (secondary N) is 1. The Morgan fingerprint density at radius 2 is 2.05 bits per heavy atom. The van der Waals surface area contributed by atoms with E-state index in [4.69, 9.17) is 4.74 Å². The minimum atomic E-state index is 0.646. The lowest BCUT2D eigenvalue weighted by Gasteiger charge is -2.27. The minimum absolute atomic E-state index is 0.646. The van der Waals surface area contributed by atoms with E-state index in [1.165, 1.54) is 23.2 Å². The number of hydrogen-bond donors (Lipinski definition) is 1. The molecule has 0 atom stereocenters. The first-order valence-corrected chi connectivity index (χ1v) is 8.12. The molecule has 0 aliphatic rings. The van der Waals surface area contributed by atoms with Crippen molar-refractivity contribution in [1.29, 1.82) is 0 Å². The molecule has 1 rings (SSSR count). The van der Waals surface area contributed by atoms with Gasteiger partial charge in [-0.15, -0.1) is 0 Å². The SMILES string of the molecule is CCCNCc1ccc(N(CCOC)CC(C)C)cc1C. The summed E-state index contributed by atoms with van der Waals surface area (Å²) in [6, 6.07) is 6.81. The molecule has 21 heavy (non-hydrogen) atoms. The lowest BCUT2D eigenvalue weighted by molar-refractivity contribution is 0.204. The molecule has 1 aromatic carbocycles. The van der Waals surface area contributed by atoms with Crippen molar-refractivity contribution in [2.45, 2.75) is 40.7 Å². The predicted molar refractivity (Wildman–Crippen MR) is 92.1 cm³/mol. The van der Waals surface area contributed by atoms with E-state index in [1.54, 1.807) is 7.11 Å². The average molecular weight is 292 g/mol. The third-order valence-corrected chi connectivity index (χ3v) is 3.58. The molecule has 0 heterocycles. The molecule has 3 heteroatoms. The summed E-state index contributed by atoms with van der Waals surface area (Å²) in [5.74, 6) is 0.646. The topological polar surface area (TPSA) is 24.5 Å². The van der Waals surface area contributed by atoms with Crippen LogP contribution < -0.4 is 10.2 Å². The number of nitrogens with zero attached hydrogens (tertiary/aromatic N) is 1. The molecule has 0 aromatic heterocycles. The van der Waals surface area contributed by atoms with Crippen molar-refractivity contribution in [2.24, 2.45) is 5.92 Å². The van der Waals surface area contributed by atoms with Gasteiger partial charge in [0, 0.05) is 32.4 Å². The van der Waals surface area contributed by atoms with E-state index >= 15 is 0 Å². The zero-order valence-electron chi connectivity index (χ0n) is 14.4. The van der Waals surface area contributed by atoms with Crippen LogP contribution in [-0.2, 0) is 11.3 Å². The number of aryl methyl sites for hydroxylation is 1. The number of hydrogen-bond acceptors (Lipinski definition) is 3. The number of rotatable bonds is 10. The molecule has 1 aromatic rings. The van der Waals surface area contributed by atoms with E-state index in [2.05, 4.69) is 56.1 Å². The lowest BCUT2D eigenvalue weighted by atomic mass is 10.1. The fourth-order valence-electron chi connectivity index (χ4n) is 2.44. The fraction of sp³-hybridized carbons (Fsp3) is 0.667. The van der Waals surface area contributed by atoms with Gasteiger partial charge in [0.2, 0.25) is 0 Å². The van der Waals surface area contributed by atoms with Crippen molar-refractivity contribution in [3.63, 3.8) is 0 Å². The molecule has 120 valence electrons. The van der Waals surface area contributed by atoms with Gasteiger partial charge in [-0.3, -0.25) is 0 Å². The third-order valence-electron chi connectivity index (χ3n) is 3.58. The van der Waals surface area contributed by atoms with Crippen LogP contribution in [0.25, 0.3) is 0 Å². The first kappa shape index (κ1) is 18.0. The van der Waals surface area contributed by atoms with Crippen LogP contribution in [0.3, 0.4) is 0 Å². The highest BCUT2D eigenvalue weighted by molar-refractivity contribution is 5.51. The molecule has 0 aliphatic heterocycles. The Balaban J connectivity index is 2.76. The summed E-state index contributed by atoms with van der Waals surface area (Å²) in [6.07, 6.45) is 1.18. The Kier molecular flexibility index (Phi) is 8.40. The third kappa shape index (κ3) is 6.49. The van der Waals surface area contributed by atoms with Gasteiger partial charge in [0.05, 0.1) is 6.61 Å². The Bertz CT molecular complexity index is 404. The summed E-state index contributed by atoms with van der Waals surface area (Å²) in [5, 5.41) is 3.47. The number of anilines is 1. The minimum Gasteiger partial charge on any atom is -0.383 e. The number of benzene rings is 1. The van der Waals surface area contributed by atoms with Crippen molar-refractivity contribution < 1.29 is 4.74 Å². The van der Waals surface area contributed by atoms with Crippen LogP contribution in [-0.4, -0.2) is 33.4 Å². The standard InChI is InChI=1S/C18H32N2O/c1-6-9-19-13-17-7-8-18(12-16(17)4)20(10-11-21-5)14-15(2)3/h7-8,12,15,19H,6,9-11,13-14H2,1-5H3. The first-order chi connectivity index (χ1) is 10.1. The summed E-state index contributed by atoms with van der Waals surface area (Å²) in [7, 11) is 1.77. The molecule has 0 radical (unpaired) electrons. The van der Waals surface area contributed by atoms with Crippen LogP contribution in [0.15, 0.2) is 18.2 Å². The summed E-state index contributed by atoms with van der Waals surface area (Å²) in [5.41, 5.74) is 4.06. The summed E-state index contributed by atoms with van der Waals surface area (Å²) in [4.78, 5) is 2.42. The second-order valence-corrected chi connectivity index (χ2v) is 6.12. The summed E-state index contributed by atoms with van der Waals surface area (Å²) in [6.45, 7) is 13.7. The van der Waals surface area contributed by atoms with E-state index < -0.39 is 0 Å². The molecule has 1 N–H and O–H groups in total. The van der Waals surface area contributed by atoms with Crippen molar-refractivity contribution in [2.75, 3.05) is 38.3 Å². The van der Waals surface area contributed by atoms with E-state index in [-0.39, 0.29) is 0 Å². The van der Waals surface area contributed by atoms with Gasteiger partial charge in [0.1, 0.15) is 0 Å². The molecule has 0 spiro atoms. The van der Waals surface area contributed by atoms with Crippen LogP contribution in [0.2, 0.25) is 0 Å². The average Bonchev–Trinajstić information content (AvgIpc) is 2.45. The molecule has 0 bridgehead atoms. The summed E-state index contributed by atoms with van der Waals surface area (Å²) >= 11 is 0. The van der Waals surface area contributed by atoms with Gasteiger partial charge < -0.3 is 15.0 Å². The van der Waals surface area contributed by atoms with Crippen LogP contribution in [0.4, 0.5) is 5.69 Å². The quantitative estimate of drug-likeness (QED) is 0.667. The van der Waals surface area contributed by atoms with Crippen LogP contribution >= 0.6 is 0 Å². The van der Waals surface area contributed by atoms with Crippen molar-refractivity contribution in [1.82, 2.24) is 5.32 Å². The second-order valence-electron chi connectivity index (χ2n) is 6.12. The van der Waals surface area contributed by atoms with Crippen LogP contribution in [0.1, 0.15) is 38.3 Å². The highest BCUT2D eigenvalue weighted by Gasteiger charge is 2.10. The van der Waals surface area contributed by atoms with Crippen LogP contribution in [0.5, 0.6) is 0 Å². The van der Waals surface area contributed by atoms with Crippen molar-refractivity contribution in [3.05, 3.63) is 29.3 Å². The Morgan fingerprint density at radius 3 is 2.62 bits per heavy atom. The zero-order valence-corrected chi connectivity index (χ0v) is 14.4. The van der Waals surface area contributed by atoms with Crippen molar-refractivity contribution >= 4 is 5.69 Å². The van der Waals surface area contributed by atoms with Crippen LogP contribution in [0, 0.1) is 12.8 Å². The molecule has 3 nitrogen and oxygen atoms in total. The van der Waals surface area contributed by atoms with E-state index in [0.717, 1.165) is 32.8 Å². The van der Waals surface area contributed by atoms with Gasteiger partial charge in [-0.25, -0.2) is 0 Å². The van der Waals surface area contributed by atoms with E-state index in [9.17, 15) is 0 Å². The summed E-state index contributed by atoms with van der Waals surface area (Å²) < 4.78 is 5.24. The predicted octanol–water partition coefficient (Wildman–Crippen LogP) is 3.60. The van der Waals surface area contributed by atoms with Gasteiger partial charge >= 0.3 is 0 Å². The smallest absolute Gasteiger partial charge is 0.0637 e. The normalized spacial score (nSPS) is 11.1. The van der Waals surface area contributed by atoms with Gasteiger partial charge in [0.25, 0.3) is 0 Å². The molecule has 0 aliphatic carbocycles. The maximum Gasteiger partial charge on any atom is 0.0637 e. The van der Waals surface area contributed by atoms with E-state index in [1.807, 2.05) is 0 Å². The van der Waals surface area contributed by atoms with Gasteiger partial charge in [0.15, 0.2) is 0 Å². The first-order valence-electron chi connectivity index (χ1n) is 8.12. The van der Waals surface area contributed by atoms with Gasteiger partial charge in [-0.2, -0.15) is 0 Å². The van der Waals surface area contributed by atoms with Crippen molar-refractivity contribution in [3.8, 4) is 0 Å². The highest BCUT2D eigenvalue weighted by atomic mass is 16.5. The Hall–Kier alpha value is -1.06. The number of ether oxygens (including phenoxy) is 1. The van der Waals surface area contributed by atoms with Gasteiger partial charge in [-0.05, 0) is 49.1 Å². The highest BCUT2D eigenvalue weighted by Crippen LogP contribution is 2.20. The molecular formula is C18H32N2O. The number of methoxy groups -OCH3 is 1. The Morgan fingerprint density at radius 1 is 1.29 bits per heavy atom. The molecule has 0 amide bonds. The fourth-order valence-corrected chi connectivity index (χ4v) is 2.44. The Labute approximate surface area is 130 Å². The second kappa shape index (κ2) is 9.80. The molecular weight excluding hydrogens is 260 g/mol. The maximum absolute atomic E-state index is 5.24. The monoisotopic (exact) mass is 292 g/mol. The molecule has 0 saturated carbocycles. The zero-order chi connectivity index (χ0) is 15.7.